The highest BCUT2D eigenvalue weighted by atomic mass is 35.5. The van der Waals surface area contributed by atoms with Crippen molar-refractivity contribution in [3.05, 3.63) is 63.6 Å². The average molecular weight is 338 g/mol. The van der Waals surface area contributed by atoms with Crippen LogP contribution in [0, 0.1) is 5.82 Å². The second kappa shape index (κ2) is 6.29. The van der Waals surface area contributed by atoms with Crippen molar-refractivity contribution in [2.45, 2.75) is 6.42 Å². The first-order chi connectivity index (χ1) is 10.6. The van der Waals surface area contributed by atoms with Gasteiger partial charge in [-0.1, -0.05) is 46.6 Å². The molecule has 2 N–H and O–H groups in total. The minimum absolute atomic E-state index is 0.208. The van der Waals surface area contributed by atoms with Crippen LogP contribution in [0.15, 0.2) is 36.4 Å². The van der Waals surface area contributed by atoms with E-state index in [1.165, 1.54) is 12.1 Å². The number of aromatic nitrogens is 4. The highest BCUT2D eigenvalue weighted by Crippen LogP contribution is 2.34. The lowest BCUT2D eigenvalue weighted by atomic mass is 10.1. The number of benzene rings is 2. The fourth-order valence-corrected chi connectivity index (χ4v) is 2.58. The summed E-state index contributed by atoms with van der Waals surface area (Å²) in [6.07, 6.45) is 0.482. The number of hydrogen-bond donors (Lipinski definition) is 2. The molecule has 0 bridgehead atoms. The zero-order valence-corrected chi connectivity index (χ0v) is 12.7. The highest BCUT2D eigenvalue weighted by molar-refractivity contribution is 6.39. The Hall–Kier alpha value is -2.18. The third kappa shape index (κ3) is 3.18. The van der Waals surface area contributed by atoms with Crippen molar-refractivity contribution >= 4 is 34.6 Å². The number of rotatable bonds is 4. The molecule has 0 unspecified atom stereocenters. The van der Waals surface area contributed by atoms with Gasteiger partial charge in [0, 0.05) is 12.1 Å². The second-order valence-corrected chi connectivity index (χ2v) is 5.35. The van der Waals surface area contributed by atoms with Gasteiger partial charge in [0.15, 0.2) is 5.82 Å². The van der Waals surface area contributed by atoms with Crippen LogP contribution in [0.25, 0.3) is 0 Å². The summed E-state index contributed by atoms with van der Waals surface area (Å²) in [5, 5.41) is 17.3. The van der Waals surface area contributed by atoms with Crippen LogP contribution in [0.3, 0.4) is 0 Å². The van der Waals surface area contributed by atoms with E-state index >= 15 is 0 Å². The van der Waals surface area contributed by atoms with Gasteiger partial charge in [0.25, 0.3) is 0 Å². The zero-order chi connectivity index (χ0) is 15.5. The van der Waals surface area contributed by atoms with E-state index in [-0.39, 0.29) is 10.0 Å². The van der Waals surface area contributed by atoms with E-state index in [9.17, 15) is 4.39 Å². The number of para-hydroxylation sites is 1. The molecule has 0 atom stereocenters. The van der Waals surface area contributed by atoms with Gasteiger partial charge in [0.05, 0.1) is 15.7 Å². The van der Waals surface area contributed by atoms with E-state index in [2.05, 4.69) is 25.9 Å². The predicted octanol–water partition coefficient (Wildman–Crippen LogP) is 3.98. The molecule has 0 saturated heterocycles. The van der Waals surface area contributed by atoms with Gasteiger partial charge in [-0.3, -0.25) is 0 Å². The van der Waals surface area contributed by atoms with E-state index in [0.717, 1.165) is 11.3 Å². The predicted molar refractivity (Wildman–Crippen MR) is 83.1 cm³/mol. The number of hydrogen-bond acceptors (Lipinski definition) is 4. The van der Waals surface area contributed by atoms with Crippen LogP contribution >= 0.6 is 23.2 Å². The van der Waals surface area contributed by atoms with Gasteiger partial charge in [0.2, 0.25) is 0 Å². The quantitative estimate of drug-likeness (QED) is 0.755. The van der Waals surface area contributed by atoms with Gasteiger partial charge in [-0.25, -0.2) is 4.39 Å². The Bertz CT molecular complexity index is 769. The lowest BCUT2D eigenvalue weighted by Gasteiger charge is -2.14. The monoisotopic (exact) mass is 337 g/mol. The smallest absolute Gasteiger partial charge is 0.178 e. The van der Waals surface area contributed by atoms with E-state index in [4.69, 9.17) is 23.2 Å². The van der Waals surface area contributed by atoms with Gasteiger partial charge in [-0.15, -0.1) is 10.2 Å². The van der Waals surface area contributed by atoms with Crippen LogP contribution in [-0.2, 0) is 6.42 Å². The third-order valence-electron chi connectivity index (χ3n) is 3.02. The molecule has 0 radical (unpaired) electrons. The van der Waals surface area contributed by atoms with Crippen molar-refractivity contribution in [2.75, 3.05) is 5.32 Å². The maximum atomic E-state index is 13.3. The van der Waals surface area contributed by atoms with Crippen LogP contribution in [0.1, 0.15) is 11.4 Å². The summed E-state index contributed by atoms with van der Waals surface area (Å²) in [4.78, 5) is 0. The van der Waals surface area contributed by atoms with Crippen LogP contribution in [0.5, 0.6) is 0 Å². The minimum atomic E-state index is -0.486. The second-order valence-electron chi connectivity index (χ2n) is 4.53. The van der Waals surface area contributed by atoms with Crippen molar-refractivity contribution in [1.29, 1.82) is 0 Å². The fraction of sp³-hybridized carbons (Fsp3) is 0.0714. The molecule has 3 rings (SSSR count). The molecule has 22 heavy (non-hydrogen) atoms. The topological polar surface area (TPSA) is 66.5 Å². The molecule has 2 aromatic carbocycles. The lowest BCUT2D eigenvalue weighted by Crippen LogP contribution is -2.00. The Morgan fingerprint density at radius 2 is 1.86 bits per heavy atom. The molecule has 3 aromatic rings. The van der Waals surface area contributed by atoms with Gasteiger partial charge >= 0.3 is 0 Å². The lowest BCUT2D eigenvalue weighted by molar-refractivity contribution is 0.628. The SMILES string of the molecule is Fc1cc(Cl)c(Nc2ccccc2Cc2nn[nH]n2)c(Cl)c1. The third-order valence-corrected chi connectivity index (χ3v) is 3.62. The van der Waals surface area contributed by atoms with Crippen molar-refractivity contribution < 1.29 is 4.39 Å². The Balaban J connectivity index is 1.93. The van der Waals surface area contributed by atoms with Crippen molar-refractivity contribution in [2.24, 2.45) is 0 Å². The molecule has 0 amide bonds. The standard InChI is InChI=1S/C14H10Cl2FN5/c15-10-6-9(17)7-11(16)14(10)18-12-4-2-1-3-8(12)5-13-19-21-22-20-13/h1-4,6-7,18H,5H2,(H,19,20,21,22). The Kier molecular flexibility index (Phi) is 4.22. The van der Waals surface area contributed by atoms with E-state index in [1.807, 2.05) is 24.3 Å². The van der Waals surface area contributed by atoms with Crippen molar-refractivity contribution in [3.8, 4) is 0 Å². The molecule has 0 aliphatic rings. The van der Waals surface area contributed by atoms with Crippen LogP contribution in [0.2, 0.25) is 10.0 Å². The minimum Gasteiger partial charge on any atom is -0.353 e. The Labute approximate surface area is 135 Å². The van der Waals surface area contributed by atoms with Crippen molar-refractivity contribution in [3.63, 3.8) is 0 Å². The summed E-state index contributed by atoms with van der Waals surface area (Å²) in [6, 6.07) is 9.96. The molecule has 1 heterocycles. The number of nitrogens with zero attached hydrogens (tertiary/aromatic N) is 3. The molecule has 112 valence electrons. The number of H-pyrrole nitrogens is 1. The molecule has 0 spiro atoms. The van der Waals surface area contributed by atoms with Gasteiger partial charge in [-0.2, -0.15) is 5.21 Å². The Morgan fingerprint density at radius 3 is 2.55 bits per heavy atom. The summed E-state index contributed by atoms with van der Waals surface area (Å²) >= 11 is 12.1. The largest absolute Gasteiger partial charge is 0.353 e. The van der Waals surface area contributed by atoms with Crippen LogP contribution < -0.4 is 5.32 Å². The van der Waals surface area contributed by atoms with Crippen LogP contribution in [0.4, 0.5) is 15.8 Å². The molecular weight excluding hydrogens is 328 g/mol. The summed E-state index contributed by atoms with van der Waals surface area (Å²) in [7, 11) is 0. The van der Waals surface area contributed by atoms with Crippen LogP contribution in [-0.4, -0.2) is 20.6 Å². The van der Waals surface area contributed by atoms with E-state index in [1.54, 1.807) is 0 Å². The normalized spacial score (nSPS) is 10.7. The number of anilines is 2. The molecule has 0 saturated carbocycles. The number of halogens is 3. The maximum Gasteiger partial charge on any atom is 0.178 e. The average Bonchev–Trinajstić information content (AvgIpc) is 2.97. The molecule has 0 aliphatic carbocycles. The van der Waals surface area contributed by atoms with Gasteiger partial charge in [-0.05, 0) is 23.8 Å². The Morgan fingerprint density at radius 1 is 1.14 bits per heavy atom. The molecule has 5 nitrogen and oxygen atoms in total. The number of nitrogens with one attached hydrogen (secondary N) is 2. The summed E-state index contributed by atoms with van der Waals surface area (Å²) in [5.41, 5.74) is 2.16. The molecule has 0 fully saturated rings. The first-order valence-corrected chi connectivity index (χ1v) is 7.11. The first-order valence-electron chi connectivity index (χ1n) is 6.35. The van der Waals surface area contributed by atoms with Gasteiger partial charge < -0.3 is 5.32 Å². The van der Waals surface area contributed by atoms with E-state index in [0.29, 0.717) is 17.9 Å². The molecule has 0 aliphatic heterocycles. The van der Waals surface area contributed by atoms with Gasteiger partial charge in [0.1, 0.15) is 5.82 Å². The summed E-state index contributed by atoms with van der Waals surface area (Å²) < 4.78 is 13.3. The van der Waals surface area contributed by atoms with E-state index < -0.39 is 5.82 Å². The summed E-state index contributed by atoms with van der Waals surface area (Å²) in [5.74, 6) is 0.0752. The fourth-order valence-electron chi connectivity index (χ4n) is 2.02. The molecular formula is C14H10Cl2FN5. The number of tetrazole rings is 1. The summed E-state index contributed by atoms with van der Waals surface area (Å²) in [6.45, 7) is 0. The zero-order valence-electron chi connectivity index (χ0n) is 11.1. The first kappa shape index (κ1) is 14.7. The molecule has 1 aromatic heterocycles. The maximum absolute atomic E-state index is 13.3. The van der Waals surface area contributed by atoms with Crippen molar-refractivity contribution in [1.82, 2.24) is 20.6 Å². The highest BCUT2D eigenvalue weighted by Gasteiger charge is 2.12. The number of aromatic amines is 1. The molecule has 8 heteroatoms.